The normalized spacial score (nSPS) is 23.6. The van der Waals surface area contributed by atoms with Gasteiger partial charge in [0.15, 0.2) is 0 Å². The van der Waals surface area contributed by atoms with Gasteiger partial charge in [-0.05, 0) is 35.7 Å². The summed E-state index contributed by atoms with van der Waals surface area (Å²) in [6, 6.07) is 6.80. The average Bonchev–Trinajstić information content (AvgIpc) is 3.08. The number of hydrogen-bond acceptors (Lipinski definition) is 4. The number of aliphatic hydroxyl groups is 1. The quantitative estimate of drug-likeness (QED) is 0.827. The van der Waals surface area contributed by atoms with Crippen LogP contribution in [0, 0.1) is 0 Å². The maximum atomic E-state index is 10.1. The lowest BCUT2D eigenvalue weighted by atomic mass is 10.1. The van der Waals surface area contributed by atoms with E-state index >= 15 is 0 Å². The van der Waals surface area contributed by atoms with Crippen LogP contribution in [-0.2, 0) is 6.54 Å². The van der Waals surface area contributed by atoms with Gasteiger partial charge in [-0.1, -0.05) is 25.3 Å². The lowest BCUT2D eigenvalue weighted by Crippen LogP contribution is -2.38. The first-order valence-electron chi connectivity index (χ1n) is 7.35. The van der Waals surface area contributed by atoms with E-state index in [1.807, 2.05) is 0 Å². The SMILES string of the molecule is OC1CCCCCC1NCc1cc(-c2cccs2)cs1. The minimum absolute atomic E-state index is 0.172. The zero-order valence-electron chi connectivity index (χ0n) is 11.5. The van der Waals surface area contributed by atoms with Gasteiger partial charge in [-0.15, -0.1) is 22.7 Å². The molecule has 0 aliphatic heterocycles. The van der Waals surface area contributed by atoms with Crippen molar-refractivity contribution in [3.8, 4) is 10.4 Å². The second-order valence-electron chi connectivity index (χ2n) is 5.47. The summed E-state index contributed by atoms with van der Waals surface area (Å²) in [5, 5.41) is 18.0. The van der Waals surface area contributed by atoms with Gasteiger partial charge in [0, 0.05) is 27.9 Å². The molecule has 2 aromatic heterocycles. The van der Waals surface area contributed by atoms with Crippen LogP contribution < -0.4 is 5.32 Å². The van der Waals surface area contributed by atoms with Crippen LogP contribution in [0.3, 0.4) is 0 Å². The molecule has 20 heavy (non-hydrogen) atoms. The molecular formula is C16H21NOS2. The largest absolute Gasteiger partial charge is 0.392 e. The molecule has 2 heterocycles. The van der Waals surface area contributed by atoms with Crippen molar-refractivity contribution in [3.63, 3.8) is 0 Å². The summed E-state index contributed by atoms with van der Waals surface area (Å²) in [7, 11) is 0. The van der Waals surface area contributed by atoms with Crippen molar-refractivity contribution in [2.75, 3.05) is 0 Å². The van der Waals surface area contributed by atoms with Crippen molar-refractivity contribution in [3.05, 3.63) is 33.8 Å². The molecule has 108 valence electrons. The molecule has 2 unspecified atom stereocenters. The van der Waals surface area contributed by atoms with Crippen LogP contribution in [0.15, 0.2) is 29.0 Å². The molecule has 0 bridgehead atoms. The monoisotopic (exact) mass is 307 g/mol. The summed E-state index contributed by atoms with van der Waals surface area (Å²) >= 11 is 3.59. The van der Waals surface area contributed by atoms with Crippen molar-refractivity contribution < 1.29 is 5.11 Å². The lowest BCUT2D eigenvalue weighted by molar-refractivity contribution is 0.119. The fourth-order valence-electron chi connectivity index (χ4n) is 2.80. The third-order valence-electron chi connectivity index (χ3n) is 3.98. The molecule has 0 aromatic carbocycles. The van der Waals surface area contributed by atoms with E-state index in [0.29, 0.717) is 0 Å². The third kappa shape index (κ3) is 3.50. The maximum Gasteiger partial charge on any atom is 0.0693 e. The van der Waals surface area contributed by atoms with Gasteiger partial charge in [0.1, 0.15) is 0 Å². The Morgan fingerprint density at radius 3 is 2.95 bits per heavy atom. The Hall–Kier alpha value is -0.680. The second-order valence-corrected chi connectivity index (χ2v) is 7.42. The minimum Gasteiger partial charge on any atom is -0.392 e. The fraction of sp³-hybridized carbons (Fsp3) is 0.500. The van der Waals surface area contributed by atoms with Gasteiger partial charge in [0.2, 0.25) is 0 Å². The molecule has 0 radical (unpaired) electrons. The van der Waals surface area contributed by atoms with Gasteiger partial charge in [-0.3, -0.25) is 0 Å². The first kappa shape index (κ1) is 14.3. The molecule has 0 amide bonds. The summed E-state index contributed by atoms with van der Waals surface area (Å²) in [5.41, 5.74) is 1.32. The van der Waals surface area contributed by atoms with Gasteiger partial charge in [-0.2, -0.15) is 0 Å². The van der Waals surface area contributed by atoms with Gasteiger partial charge in [0.05, 0.1) is 6.10 Å². The number of aliphatic hydroxyl groups excluding tert-OH is 1. The second kappa shape index (κ2) is 6.85. The van der Waals surface area contributed by atoms with Crippen molar-refractivity contribution in [2.24, 2.45) is 0 Å². The molecule has 2 nitrogen and oxygen atoms in total. The van der Waals surface area contributed by atoms with Crippen LogP contribution in [0.2, 0.25) is 0 Å². The number of thiophene rings is 2. The van der Waals surface area contributed by atoms with E-state index in [1.54, 1.807) is 22.7 Å². The Morgan fingerprint density at radius 2 is 2.10 bits per heavy atom. The number of hydrogen-bond donors (Lipinski definition) is 2. The lowest BCUT2D eigenvalue weighted by Gasteiger charge is -2.21. The molecular weight excluding hydrogens is 286 g/mol. The predicted molar refractivity (Wildman–Crippen MR) is 87.4 cm³/mol. The average molecular weight is 307 g/mol. The maximum absolute atomic E-state index is 10.1. The van der Waals surface area contributed by atoms with Crippen molar-refractivity contribution >= 4 is 22.7 Å². The Bertz CT molecular complexity index is 520. The molecule has 4 heteroatoms. The van der Waals surface area contributed by atoms with Crippen LogP contribution in [0.25, 0.3) is 10.4 Å². The molecule has 1 aliphatic rings. The van der Waals surface area contributed by atoms with E-state index in [2.05, 4.69) is 34.3 Å². The Morgan fingerprint density at radius 1 is 1.20 bits per heavy atom. The highest BCUT2D eigenvalue weighted by Crippen LogP contribution is 2.29. The van der Waals surface area contributed by atoms with Gasteiger partial charge >= 0.3 is 0 Å². The summed E-state index contributed by atoms with van der Waals surface area (Å²) < 4.78 is 0. The first-order valence-corrected chi connectivity index (χ1v) is 9.11. The van der Waals surface area contributed by atoms with Gasteiger partial charge in [0.25, 0.3) is 0 Å². The van der Waals surface area contributed by atoms with Crippen molar-refractivity contribution in [1.82, 2.24) is 5.32 Å². The summed E-state index contributed by atoms with van der Waals surface area (Å²) in [5.74, 6) is 0. The molecule has 0 saturated heterocycles. The van der Waals surface area contributed by atoms with E-state index < -0.39 is 0 Å². The van der Waals surface area contributed by atoms with Crippen molar-refractivity contribution in [2.45, 2.75) is 50.8 Å². The Kier molecular flexibility index (Phi) is 4.89. The molecule has 2 aromatic rings. The Labute approximate surface area is 128 Å². The summed E-state index contributed by atoms with van der Waals surface area (Å²) in [4.78, 5) is 2.69. The van der Waals surface area contributed by atoms with Crippen LogP contribution in [-0.4, -0.2) is 17.3 Å². The van der Waals surface area contributed by atoms with Crippen molar-refractivity contribution in [1.29, 1.82) is 0 Å². The minimum atomic E-state index is -0.172. The topological polar surface area (TPSA) is 32.3 Å². The summed E-state index contributed by atoms with van der Waals surface area (Å²) in [6.45, 7) is 0.873. The van der Waals surface area contributed by atoms with Crippen LogP contribution >= 0.6 is 22.7 Å². The number of rotatable bonds is 4. The predicted octanol–water partition coefficient (Wildman–Crippen LogP) is 4.26. The van der Waals surface area contributed by atoms with E-state index in [9.17, 15) is 5.11 Å². The molecule has 1 aliphatic carbocycles. The van der Waals surface area contributed by atoms with Crippen LogP contribution in [0.1, 0.15) is 37.0 Å². The van der Waals surface area contributed by atoms with Crippen LogP contribution in [0.4, 0.5) is 0 Å². The molecule has 2 atom stereocenters. The highest BCUT2D eigenvalue weighted by atomic mass is 32.1. The summed E-state index contributed by atoms with van der Waals surface area (Å²) in [6.07, 6.45) is 5.54. The van der Waals surface area contributed by atoms with Crippen LogP contribution in [0.5, 0.6) is 0 Å². The number of nitrogens with one attached hydrogen (secondary N) is 1. The standard InChI is InChI=1S/C16H21NOS2/c18-15-6-3-1-2-5-14(15)17-10-13-9-12(11-20-13)16-7-4-8-19-16/h4,7-9,11,14-15,17-18H,1-3,5-6,10H2. The van der Waals surface area contributed by atoms with E-state index in [-0.39, 0.29) is 12.1 Å². The smallest absolute Gasteiger partial charge is 0.0693 e. The zero-order valence-corrected chi connectivity index (χ0v) is 13.2. The highest BCUT2D eigenvalue weighted by molar-refractivity contribution is 7.14. The van der Waals surface area contributed by atoms with E-state index in [1.165, 1.54) is 34.6 Å². The first-order chi connectivity index (χ1) is 9.83. The van der Waals surface area contributed by atoms with Gasteiger partial charge in [-0.25, -0.2) is 0 Å². The molecule has 1 saturated carbocycles. The van der Waals surface area contributed by atoms with E-state index in [4.69, 9.17) is 0 Å². The van der Waals surface area contributed by atoms with Gasteiger partial charge < -0.3 is 10.4 Å². The molecule has 1 fully saturated rings. The molecule has 0 spiro atoms. The Balaban J connectivity index is 1.58. The molecule has 2 N–H and O–H groups in total. The molecule has 3 rings (SSSR count). The van der Waals surface area contributed by atoms with E-state index in [0.717, 1.165) is 19.4 Å². The fourth-order valence-corrected chi connectivity index (χ4v) is 4.43. The highest BCUT2D eigenvalue weighted by Gasteiger charge is 2.20. The zero-order chi connectivity index (χ0) is 13.8. The third-order valence-corrected chi connectivity index (χ3v) is 5.83.